The van der Waals surface area contributed by atoms with E-state index in [9.17, 15) is 8.42 Å². The zero-order valence-electron chi connectivity index (χ0n) is 10.2. The smallest absolute Gasteiger partial charge is 0.274 e. The Balaban J connectivity index is 2.16. The second-order valence-corrected chi connectivity index (χ2v) is 6.27. The van der Waals surface area contributed by atoms with E-state index < -0.39 is 15.6 Å². The van der Waals surface area contributed by atoms with Gasteiger partial charge in [0.15, 0.2) is 0 Å². The van der Waals surface area contributed by atoms with Crippen molar-refractivity contribution >= 4 is 10.0 Å². The summed E-state index contributed by atoms with van der Waals surface area (Å²) < 4.78 is 37.1. The number of rotatable bonds is 4. The van der Waals surface area contributed by atoms with Crippen LogP contribution >= 0.6 is 0 Å². The number of sulfonamides is 1. The summed E-state index contributed by atoms with van der Waals surface area (Å²) in [5.41, 5.74) is -0.511. The lowest BCUT2D eigenvalue weighted by molar-refractivity contribution is 0.0536. The lowest BCUT2D eigenvalue weighted by Gasteiger charge is -2.33. The number of hydrogen-bond donors (Lipinski definition) is 2. The van der Waals surface area contributed by atoms with Crippen molar-refractivity contribution in [1.82, 2.24) is 4.72 Å². The fraction of sp³-hybridized carbons (Fsp3) is 0.636. The molecule has 7 heteroatoms. The van der Waals surface area contributed by atoms with Gasteiger partial charge in [0.1, 0.15) is 12.4 Å². The van der Waals surface area contributed by atoms with E-state index in [0.29, 0.717) is 26.1 Å². The molecule has 0 aliphatic carbocycles. The van der Waals surface area contributed by atoms with Crippen molar-refractivity contribution in [2.24, 2.45) is 0 Å². The van der Waals surface area contributed by atoms with Crippen molar-refractivity contribution < 1.29 is 22.7 Å². The predicted octanol–water partition coefficient (Wildman–Crippen LogP) is 0.619. The van der Waals surface area contributed by atoms with Crippen LogP contribution < -0.4 is 4.72 Å². The van der Waals surface area contributed by atoms with Gasteiger partial charge in [0.25, 0.3) is 10.0 Å². The number of aliphatic hydroxyl groups excluding tert-OH is 1. The van der Waals surface area contributed by atoms with Crippen molar-refractivity contribution in [3.05, 3.63) is 17.9 Å². The summed E-state index contributed by atoms with van der Waals surface area (Å²) in [5, 5.41) is 8.70. The molecule has 2 N–H and O–H groups in total. The molecular weight excluding hydrogens is 258 g/mol. The standard InChI is InChI=1S/C11H17NO5S/c1-11(4-6-16-7-5-11)12-18(14,15)10-3-2-9(8-13)17-10/h2-3,12-13H,4-8H2,1H3. The van der Waals surface area contributed by atoms with Crippen LogP contribution in [0.1, 0.15) is 25.5 Å². The van der Waals surface area contributed by atoms with E-state index in [1.807, 2.05) is 6.92 Å². The molecule has 0 aromatic carbocycles. The Morgan fingerprint density at radius 1 is 1.39 bits per heavy atom. The molecule has 0 atom stereocenters. The van der Waals surface area contributed by atoms with E-state index in [0.717, 1.165) is 0 Å². The van der Waals surface area contributed by atoms with Crippen LogP contribution in [-0.4, -0.2) is 32.3 Å². The maximum Gasteiger partial charge on any atom is 0.274 e. The van der Waals surface area contributed by atoms with Gasteiger partial charge in [-0.1, -0.05) is 0 Å². The number of ether oxygens (including phenoxy) is 1. The third-order valence-corrected chi connectivity index (χ3v) is 4.55. The highest BCUT2D eigenvalue weighted by Crippen LogP contribution is 2.23. The lowest BCUT2D eigenvalue weighted by atomic mass is 9.94. The fourth-order valence-electron chi connectivity index (χ4n) is 1.89. The first-order valence-electron chi connectivity index (χ1n) is 5.76. The number of aliphatic hydroxyl groups is 1. The zero-order chi connectivity index (χ0) is 13.2. The van der Waals surface area contributed by atoms with Gasteiger partial charge in [-0.3, -0.25) is 0 Å². The zero-order valence-corrected chi connectivity index (χ0v) is 11.0. The van der Waals surface area contributed by atoms with Crippen LogP contribution in [0.4, 0.5) is 0 Å². The Morgan fingerprint density at radius 2 is 2.06 bits per heavy atom. The van der Waals surface area contributed by atoms with Crippen LogP contribution in [0, 0.1) is 0 Å². The molecule has 0 saturated carbocycles. The fourth-order valence-corrected chi connectivity index (χ4v) is 3.30. The highest BCUT2D eigenvalue weighted by molar-refractivity contribution is 7.89. The van der Waals surface area contributed by atoms with Crippen molar-refractivity contribution in [1.29, 1.82) is 0 Å². The number of nitrogens with one attached hydrogen (secondary N) is 1. The van der Waals surface area contributed by atoms with Gasteiger partial charge in [0.05, 0.1) is 0 Å². The minimum absolute atomic E-state index is 0.167. The first-order valence-corrected chi connectivity index (χ1v) is 7.25. The van der Waals surface area contributed by atoms with Crippen molar-refractivity contribution in [2.45, 2.75) is 37.0 Å². The summed E-state index contributed by atoms with van der Waals surface area (Å²) in [5.74, 6) is 0.229. The van der Waals surface area contributed by atoms with E-state index in [2.05, 4.69) is 4.72 Å². The minimum Gasteiger partial charge on any atom is -0.446 e. The Labute approximate surface area is 106 Å². The third-order valence-electron chi connectivity index (χ3n) is 3.03. The van der Waals surface area contributed by atoms with Crippen LogP contribution in [0.5, 0.6) is 0 Å². The highest BCUT2D eigenvalue weighted by Gasteiger charge is 2.33. The van der Waals surface area contributed by atoms with Gasteiger partial charge in [-0.2, -0.15) is 0 Å². The van der Waals surface area contributed by atoms with E-state index >= 15 is 0 Å². The topological polar surface area (TPSA) is 88.8 Å². The minimum atomic E-state index is -3.69. The Kier molecular flexibility index (Phi) is 3.76. The molecule has 2 heterocycles. The van der Waals surface area contributed by atoms with Gasteiger partial charge in [0, 0.05) is 18.8 Å². The second-order valence-electron chi connectivity index (χ2n) is 4.66. The molecule has 1 aromatic rings. The summed E-state index contributed by atoms with van der Waals surface area (Å²) >= 11 is 0. The molecule has 0 spiro atoms. The van der Waals surface area contributed by atoms with E-state index in [1.54, 1.807) is 0 Å². The molecule has 1 aliphatic heterocycles. The van der Waals surface area contributed by atoms with E-state index in [4.69, 9.17) is 14.3 Å². The molecule has 0 bridgehead atoms. The summed E-state index contributed by atoms with van der Waals surface area (Å²) in [6, 6.07) is 2.79. The Morgan fingerprint density at radius 3 is 2.61 bits per heavy atom. The van der Waals surface area contributed by atoms with Gasteiger partial charge in [-0.15, -0.1) is 0 Å². The first-order chi connectivity index (χ1) is 8.45. The molecule has 0 amide bonds. The van der Waals surface area contributed by atoms with Crippen molar-refractivity contribution in [3.8, 4) is 0 Å². The summed E-state index contributed by atoms with van der Waals surface area (Å²) in [7, 11) is -3.69. The molecule has 0 unspecified atom stereocenters. The van der Waals surface area contributed by atoms with Crippen molar-refractivity contribution in [3.63, 3.8) is 0 Å². The quantitative estimate of drug-likeness (QED) is 0.841. The van der Waals surface area contributed by atoms with Crippen LogP contribution in [0.2, 0.25) is 0 Å². The Bertz CT molecular complexity index is 501. The van der Waals surface area contributed by atoms with Crippen LogP contribution in [0.25, 0.3) is 0 Å². The average molecular weight is 275 g/mol. The Hall–Kier alpha value is -0.890. The molecule has 102 valence electrons. The van der Waals surface area contributed by atoms with E-state index in [-0.39, 0.29) is 17.5 Å². The van der Waals surface area contributed by atoms with Crippen LogP contribution in [0.3, 0.4) is 0 Å². The lowest BCUT2D eigenvalue weighted by Crippen LogP contribution is -2.49. The number of hydrogen-bond acceptors (Lipinski definition) is 5. The third kappa shape index (κ3) is 2.92. The molecular formula is C11H17NO5S. The SMILES string of the molecule is CC1(NS(=O)(=O)c2ccc(CO)o2)CCOCC1. The molecule has 1 fully saturated rings. The molecule has 1 aliphatic rings. The highest BCUT2D eigenvalue weighted by atomic mass is 32.2. The van der Waals surface area contributed by atoms with Crippen LogP contribution in [-0.2, 0) is 21.4 Å². The summed E-state index contributed by atoms with van der Waals surface area (Å²) in [6.45, 7) is 2.61. The summed E-state index contributed by atoms with van der Waals surface area (Å²) in [6.07, 6.45) is 1.25. The second kappa shape index (κ2) is 5.00. The van der Waals surface area contributed by atoms with E-state index in [1.165, 1.54) is 12.1 Å². The molecule has 6 nitrogen and oxygen atoms in total. The largest absolute Gasteiger partial charge is 0.446 e. The van der Waals surface area contributed by atoms with Crippen molar-refractivity contribution in [2.75, 3.05) is 13.2 Å². The molecule has 1 aromatic heterocycles. The maximum absolute atomic E-state index is 12.1. The molecule has 18 heavy (non-hydrogen) atoms. The van der Waals surface area contributed by atoms with Gasteiger partial charge in [0.2, 0.25) is 5.09 Å². The number of furan rings is 1. The van der Waals surface area contributed by atoms with Gasteiger partial charge in [-0.25, -0.2) is 13.1 Å². The molecule has 0 radical (unpaired) electrons. The van der Waals surface area contributed by atoms with Crippen LogP contribution in [0.15, 0.2) is 21.6 Å². The average Bonchev–Trinajstić information content (AvgIpc) is 2.77. The van der Waals surface area contributed by atoms with Gasteiger partial charge >= 0.3 is 0 Å². The normalized spacial score (nSPS) is 19.9. The predicted molar refractivity (Wildman–Crippen MR) is 63.4 cm³/mol. The van der Waals surface area contributed by atoms with Gasteiger partial charge < -0.3 is 14.3 Å². The molecule has 1 saturated heterocycles. The summed E-state index contributed by atoms with van der Waals surface area (Å²) in [4.78, 5) is 0. The monoisotopic (exact) mass is 275 g/mol. The molecule has 2 rings (SSSR count). The first kappa shape index (κ1) is 13.5. The van der Waals surface area contributed by atoms with Gasteiger partial charge in [-0.05, 0) is 31.9 Å². The maximum atomic E-state index is 12.1.